The van der Waals surface area contributed by atoms with Gasteiger partial charge in [0, 0.05) is 11.6 Å². The number of nitrogens with one attached hydrogen (secondary N) is 2. The van der Waals surface area contributed by atoms with Crippen LogP contribution in [0.4, 0.5) is 5.13 Å². The molecule has 0 saturated heterocycles. The molecule has 134 valence electrons. The van der Waals surface area contributed by atoms with Gasteiger partial charge in [0.05, 0.1) is 0 Å². The Labute approximate surface area is 155 Å². The quantitative estimate of drug-likeness (QED) is 0.632. The van der Waals surface area contributed by atoms with Crippen LogP contribution in [-0.2, 0) is 10.0 Å². The number of carbonyl (C=O) groups excluding carboxylic acids is 1. The minimum absolute atomic E-state index is 0.117. The first-order valence-corrected chi connectivity index (χ1v) is 10.0. The van der Waals surface area contributed by atoms with E-state index in [4.69, 9.17) is 0 Å². The van der Waals surface area contributed by atoms with Crippen LogP contribution in [0.3, 0.4) is 0 Å². The third-order valence-electron chi connectivity index (χ3n) is 3.52. The summed E-state index contributed by atoms with van der Waals surface area (Å²) in [6.07, 6.45) is 0. The molecule has 0 unspecified atom stereocenters. The molecule has 0 fully saturated rings. The molecule has 0 aliphatic rings. The highest BCUT2D eigenvalue weighted by Crippen LogP contribution is 2.22. The molecule has 0 spiro atoms. The Morgan fingerprint density at radius 2 is 1.62 bits per heavy atom. The van der Waals surface area contributed by atoms with Gasteiger partial charge in [0.25, 0.3) is 15.9 Å². The van der Waals surface area contributed by atoms with Gasteiger partial charge in [-0.15, -0.1) is 10.2 Å². The van der Waals surface area contributed by atoms with Crippen molar-refractivity contribution >= 4 is 32.4 Å². The first-order chi connectivity index (χ1) is 12.5. The number of hydrogen-bond donors (Lipinski definition) is 2. The lowest BCUT2D eigenvalue weighted by molar-refractivity contribution is 0.102. The minimum Gasteiger partial charge on any atom is -0.296 e. The summed E-state index contributed by atoms with van der Waals surface area (Å²) >= 11 is 0.795. The first-order valence-electron chi connectivity index (χ1n) is 7.73. The number of aromatic nitrogens is 2. The van der Waals surface area contributed by atoms with E-state index in [0.29, 0.717) is 5.56 Å². The lowest BCUT2D eigenvalue weighted by Gasteiger charge is -2.12. The Kier molecular flexibility index (Phi) is 5.40. The van der Waals surface area contributed by atoms with Crippen molar-refractivity contribution in [2.75, 3.05) is 5.32 Å². The maximum atomic E-state index is 12.5. The van der Waals surface area contributed by atoms with Gasteiger partial charge in [0.2, 0.25) is 9.47 Å². The summed E-state index contributed by atoms with van der Waals surface area (Å²) in [6.45, 7) is 1.74. The molecule has 0 saturated carbocycles. The van der Waals surface area contributed by atoms with Gasteiger partial charge in [-0.25, -0.2) is 13.1 Å². The molecule has 7 nitrogen and oxygen atoms in total. The summed E-state index contributed by atoms with van der Waals surface area (Å²) in [4.78, 5) is 12.1. The molecular weight excluding hydrogens is 372 g/mol. The molecule has 0 bridgehead atoms. The van der Waals surface area contributed by atoms with E-state index >= 15 is 0 Å². The van der Waals surface area contributed by atoms with Gasteiger partial charge in [-0.3, -0.25) is 10.1 Å². The largest absolute Gasteiger partial charge is 0.296 e. The van der Waals surface area contributed by atoms with Crippen LogP contribution in [0.25, 0.3) is 0 Å². The fourth-order valence-electron chi connectivity index (χ4n) is 2.22. The van der Waals surface area contributed by atoms with Gasteiger partial charge in [-0.2, -0.15) is 0 Å². The molecule has 3 rings (SSSR count). The molecule has 9 heteroatoms. The fraction of sp³-hybridized carbons (Fsp3) is 0.118. The minimum atomic E-state index is -3.84. The average Bonchev–Trinajstić information content (AvgIpc) is 3.12. The normalized spacial score (nSPS) is 12.5. The zero-order chi connectivity index (χ0) is 18.6. The third-order valence-corrected chi connectivity index (χ3v) is 6.27. The van der Waals surface area contributed by atoms with E-state index in [9.17, 15) is 13.2 Å². The highest BCUT2D eigenvalue weighted by molar-refractivity contribution is 7.91. The van der Waals surface area contributed by atoms with Gasteiger partial charge in [-0.1, -0.05) is 59.9 Å². The predicted octanol–water partition coefficient (Wildman–Crippen LogP) is 2.83. The molecule has 1 heterocycles. The number of benzene rings is 2. The number of rotatable bonds is 6. The first kappa shape index (κ1) is 18.2. The number of nitrogens with zero attached hydrogens (tertiary/aromatic N) is 2. The second-order valence-corrected chi connectivity index (χ2v) is 8.31. The zero-order valence-electron chi connectivity index (χ0n) is 13.8. The van der Waals surface area contributed by atoms with Crippen LogP contribution >= 0.6 is 11.3 Å². The lowest BCUT2D eigenvalue weighted by atomic mass is 10.1. The van der Waals surface area contributed by atoms with Crippen molar-refractivity contribution in [3.63, 3.8) is 0 Å². The Balaban J connectivity index is 1.71. The van der Waals surface area contributed by atoms with E-state index in [1.165, 1.54) is 0 Å². The SMILES string of the molecule is C[C@@H](NS(=O)(=O)c1nnc(NC(=O)c2ccccc2)s1)c1ccccc1. The number of amides is 1. The molecule has 0 aliphatic heterocycles. The Bertz CT molecular complexity index is 989. The van der Waals surface area contributed by atoms with Gasteiger partial charge in [0.15, 0.2) is 0 Å². The van der Waals surface area contributed by atoms with Crippen molar-refractivity contribution in [1.29, 1.82) is 0 Å². The van der Waals surface area contributed by atoms with Crippen molar-refractivity contribution in [2.24, 2.45) is 0 Å². The van der Waals surface area contributed by atoms with Crippen LogP contribution < -0.4 is 10.0 Å². The molecule has 2 N–H and O–H groups in total. The van der Waals surface area contributed by atoms with E-state index in [0.717, 1.165) is 16.9 Å². The number of sulfonamides is 1. The third kappa shape index (κ3) is 4.31. The van der Waals surface area contributed by atoms with Crippen LogP contribution in [0.5, 0.6) is 0 Å². The molecule has 1 amide bonds. The molecule has 1 aromatic heterocycles. The smallest absolute Gasteiger partial charge is 0.270 e. The average molecular weight is 388 g/mol. The number of anilines is 1. The summed E-state index contributed by atoms with van der Waals surface area (Å²) < 4.78 is 27.3. The highest BCUT2D eigenvalue weighted by Gasteiger charge is 2.23. The summed E-state index contributed by atoms with van der Waals surface area (Å²) in [5.74, 6) is -0.378. The van der Waals surface area contributed by atoms with Gasteiger partial charge >= 0.3 is 0 Å². The van der Waals surface area contributed by atoms with Crippen molar-refractivity contribution in [2.45, 2.75) is 17.3 Å². The lowest BCUT2D eigenvalue weighted by Crippen LogP contribution is -2.26. The molecule has 26 heavy (non-hydrogen) atoms. The number of hydrogen-bond acceptors (Lipinski definition) is 6. The van der Waals surface area contributed by atoms with E-state index < -0.39 is 16.1 Å². The van der Waals surface area contributed by atoms with Crippen LogP contribution in [0, 0.1) is 0 Å². The zero-order valence-corrected chi connectivity index (χ0v) is 15.4. The fourth-order valence-corrected chi connectivity index (χ4v) is 4.36. The molecule has 1 atom stereocenters. The second kappa shape index (κ2) is 7.73. The van der Waals surface area contributed by atoms with E-state index in [2.05, 4.69) is 20.2 Å². The van der Waals surface area contributed by atoms with Crippen molar-refractivity contribution in [3.8, 4) is 0 Å². The van der Waals surface area contributed by atoms with Crippen LogP contribution in [0.15, 0.2) is 65.0 Å². The summed E-state index contributed by atoms with van der Waals surface area (Å²) in [7, 11) is -3.84. The van der Waals surface area contributed by atoms with Gasteiger partial charge in [-0.05, 0) is 24.6 Å². The molecule has 0 aliphatic carbocycles. The van der Waals surface area contributed by atoms with E-state index in [-0.39, 0.29) is 15.4 Å². The Morgan fingerprint density at radius 1 is 1.00 bits per heavy atom. The van der Waals surface area contributed by atoms with Crippen LogP contribution in [0.2, 0.25) is 0 Å². The highest BCUT2D eigenvalue weighted by atomic mass is 32.2. The van der Waals surface area contributed by atoms with Crippen molar-refractivity contribution < 1.29 is 13.2 Å². The summed E-state index contributed by atoms with van der Waals surface area (Å²) in [5, 5.41) is 10.1. The van der Waals surface area contributed by atoms with Crippen LogP contribution in [-0.4, -0.2) is 24.5 Å². The maximum absolute atomic E-state index is 12.5. The molecular formula is C17H16N4O3S2. The maximum Gasteiger partial charge on any atom is 0.270 e. The summed E-state index contributed by atoms with van der Waals surface area (Å²) in [5.41, 5.74) is 1.28. The predicted molar refractivity (Wildman–Crippen MR) is 99.5 cm³/mol. The summed E-state index contributed by atoms with van der Waals surface area (Å²) in [6, 6.07) is 17.3. The Morgan fingerprint density at radius 3 is 2.27 bits per heavy atom. The Hall–Kier alpha value is -2.62. The van der Waals surface area contributed by atoms with Gasteiger partial charge in [0.1, 0.15) is 0 Å². The molecule has 0 radical (unpaired) electrons. The van der Waals surface area contributed by atoms with Gasteiger partial charge < -0.3 is 0 Å². The molecule has 2 aromatic carbocycles. The topological polar surface area (TPSA) is 101 Å². The van der Waals surface area contributed by atoms with Crippen molar-refractivity contribution in [1.82, 2.24) is 14.9 Å². The molecule has 3 aromatic rings. The number of carbonyl (C=O) groups is 1. The van der Waals surface area contributed by atoms with E-state index in [1.807, 2.05) is 30.3 Å². The van der Waals surface area contributed by atoms with E-state index in [1.54, 1.807) is 37.3 Å². The van der Waals surface area contributed by atoms with Crippen LogP contribution in [0.1, 0.15) is 28.9 Å². The monoisotopic (exact) mass is 388 g/mol. The van der Waals surface area contributed by atoms with Crippen molar-refractivity contribution in [3.05, 3.63) is 71.8 Å². The standard InChI is InChI=1S/C17H16N4O3S2/c1-12(13-8-4-2-5-9-13)21-26(23,24)17-20-19-16(25-17)18-15(22)14-10-6-3-7-11-14/h2-12,21H,1H3,(H,18,19,22)/t12-/m1/s1. The second-order valence-electron chi connectivity index (χ2n) is 5.45.